The Hall–Kier alpha value is -2.37. The molecule has 2 aromatic carbocycles. The minimum absolute atomic E-state index is 0.124. The summed E-state index contributed by atoms with van der Waals surface area (Å²) in [7, 11) is 0. The Morgan fingerprint density at radius 3 is 2.25 bits per heavy atom. The van der Waals surface area contributed by atoms with Gasteiger partial charge in [0, 0.05) is 17.5 Å². The molecule has 7 heteroatoms. The fraction of sp³-hybridized carbons (Fsp3) is 0.118. The van der Waals surface area contributed by atoms with Gasteiger partial charge in [-0.15, -0.1) is 0 Å². The van der Waals surface area contributed by atoms with E-state index in [2.05, 4.69) is 0 Å². The predicted octanol–water partition coefficient (Wildman–Crippen LogP) is 3.96. The average Bonchev–Trinajstić information content (AvgIpc) is 2.52. The highest BCUT2D eigenvalue weighted by molar-refractivity contribution is 6.36. The summed E-state index contributed by atoms with van der Waals surface area (Å²) in [6.07, 6.45) is 0. The van der Waals surface area contributed by atoms with Gasteiger partial charge >= 0.3 is 11.9 Å². The standard InChI is InChI=1S/C17H12Cl2O5/c1-10(20)24-13-5-2-11(3-6-13)16(21)9-23-17(22)14-7-4-12(18)8-15(14)19/h2-8H,9H2,1H3. The van der Waals surface area contributed by atoms with Crippen LogP contribution in [-0.2, 0) is 9.53 Å². The Bertz CT molecular complexity index is 784. The van der Waals surface area contributed by atoms with Gasteiger partial charge in [-0.25, -0.2) is 4.79 Å². The normalized spacial score (nSPS) is 10.1. The number of hydrogen-bond donors (Lipinski definition) is 0. The van der Waals surface area contributed by atoms with Crippen molar-refractivity contribution in [1.29, 1.82) is 0 Å². The number of esters is 2. The maximum Gasteiger partial charge on any atom is 0.340 e. The summed E-state index contributed by atoms with van der Waals surface area (Å²) in [4.78, 5) is 34.8. The number of rotatable bonds is 5. The second-order valence-corrected chi connectivity index (χ2v) is 5.59. The summed E-state index contributed by atoms with van der Waals surface area (Å²) in [6.45, 7) is 0.838. The molecule has 0 saturated carbocycles. The first-order valence-electron chi connectivity index (χ1n) is 6.80. The third kappa shape index (κ3) is 4.81. The van der Waals surface area contributed by atoms with Crippen molar-refractivity contribution in [3.05, 3.63) is 63.6 Å². The lowest BCUT2D eigenvalue weighted by molar-refractivity contribution is -0.131. The Morgan fingerprint density at radius 2 is 1.67 bits per heavy atom. The zero-order valence-corrected chi connectivity index (χ0v) is 14.1. The maximum atomic E-state index is 12.0. The Labute approximate surface area is 148 Å². The van der Waals surface area contributed by atoms with Crippen LogP contribution in [0.1, 0.15) is 27.6 Å². The summed E-state index contributed by atoms with van der Waals surface area (Å²) >= 11 is 11.7. The van der Waals surface area contributed by atoms with Gasteiger partial charge in [-0.2, -0.15) is 0 Å². The fourth-order valence-electron chi connectivity index (χ4n) is 1.82. The SMILES string of the molecule is CC(=O)Oc1ccc(C(=O)COC(=O)c2ccc(Cl)cc2Cl)cc1. The molecule has 0 bridgehead atoms. The quantitative estimate of drug-likeness (QED) is 0.455. The van der Waals surface area contributed by atoms with E-state index in [1.54, 1.807) is 0 Å². The highest BCUT2D eigenvalue weighted by atomic mass is 35.5. The smallest absolute Gasteiger partial charge is 0.340 e. The first-order valence-corrected chi connectivity index (χ1v) is 7.56. The highest BCUT2D eigenvalue weighted by Crippen LogP contribution is 2.21. The lowest BCUT2D eigenvalue weighted by Gasteiger charge is -2.07. The lowest BCUT2D eigenvalue weighted by atomic mass is 10.1. The molecule has 0 spiro atoms. The highest BCUT2D eigenvalue weighted by Gasteiger charge is 2.15. The molecule has 0 saturated heterocycles. The number of halogens is 2. The van der Waals surface area contributed by atoms with Crippen molar-refractivity contribution < 1.29 is 23.9 Å². The zero-order chi connectivity index (χ0) is 17.7. The van der Waals surface area contributed by atoms with Gasteiger partial charge in [0.2, 0.25) is 0 Å². The number of hydrogen-bond acceptors (Lipinski definition) is 5. The number of carbonyl (C=O) groups excluding carboxylic acids is 3. The van der Waals surface area contributed by atoms with Gasteiger partial charge in [-0.3, -0.25) is 9.59 Å². The van der Waals surface area contributed by atoms with Crippen LogP contribution in [0, 0.1) is 0 Å². The van der Waals surface area contributed by atoms with Crippen molar-refractivity contribution in [2.45, 2.75) is 6.92 Å². The predicted molar refractivity (Wildman–Crippen MR) is 88.8 cm³/mol. The van der Waals surface area contributed by atoms with Crippen LogP contribution in [0.3, 0.4) is 0 Å². The van der Waals surface area contributed by atoms with Gasteiger partial charge < -0.3 is 9.47 Å². The lowest BCUT2D eigenvalue weighted by Crippen LogP contribution is -2.14. The van der Waals surface area contributed by atoms with E-state index in [0.29, 0.717) is 16.3 Å². The average molecular weight is 367 g/mol. The van der Waals surface area contributed by atoms with Gasteiger partial charge in [0.1, 0.15) is 5.75 Å². The van der Waals surface area contributed by atoms with Crippen molar-refractivity contribution in [2.75, 3.05) is 6.61 Å². The van der Waals surface area contributed by atoms with Crippen LogP contribution in [0.15, 0.2) is 42.5 Å². The first kappa shape index (κ1) is 18.0. The number of ketones is 1. The summed E-state index contributed by atoms with van der Waals surface area (Å²) in [5.41, 5.74) is 0.444. The molecule has 2 rings (SSSR count). The van der Waals surface area contributed by atoms with E-state index in [4.69, 9.17) is 32.7 Å². The molecule has 0 N–H and O–H groups in total. The van der Waals surface area contributed by atoms with E-state index in [9.17, 15) is 14.4 Å². The molecule has 2 aromatic rings. The molecule has 5 nitrogen and oxygen atoms in total. The number of Topliss-reactive ketones (excluding diaryl/α,β-unsaturated/α-hetero) is 1. The van der Waals surface area contributed by atoms with E-state index in [0.717, 1.165) is 0 Å². The van der Waals surface area contributed by atoms with E-state index >= 15 is 0 Å². The summed E-state index contributed by atoms with van der Waals surface area (Å²) < 4.78 is 9.83. The van der Waals surface area contributed by atoms with Gasteiger partial charge in [-0.05, 0) is 42.5 Å². The minimum Gasteiger partial charge on any atom is -0.454 e. The van der Waals surface area contributed by atoms with Gasteiger partial charge in [0.05, 0.1) is 10.6 Å². The van der Waals surface area contributed by atoms with Crippen molar-refractivity contribution >= 4 is 40.9 Å². The molecular formula is C17H12Cl2O5. The molecule has 124 valence electrons. The van der Waals surface area contributed by atoms with Crippen LogP contribution in [0.4, 0.5) is 0 Å². The van der Waals surface area contributed by atoms with E-state index in [1.165, 1.54) is 49.4 Å². The fourth-order valence-corrected chi connectivity index (χ4v) is 2.31. The molecule has 0 aliphatic carbocycles. The van der Waals surface area contributed by atoms with Crippen molar-refractivity contribution in [1.82, 2.24) is 0 Å². The topological polar surface area (TPSA) is 69.7 Å². The molecule has 0 unspecified atom stereocenters. The number of benzene rings is 2. The molecule has 0 aromatic heterocycles. The third-order valence-electron chi connectivity index (χ3n) is 2.92. The number of carbonyl (C=O) groups is 3. The van der Waals surface area contributed by atoms with Crippen LogP contribution in [0.25, 0.3) is 0 Å². The molecule has 24 heavy (non-hydrogen) atoms. The maximum absolute atomic E-state index is 12.0. The van der Waals surface area contributed by atoms with Crippen LogP contribution >= 0.6 is 23.2 Å². The second-order valence-electron chi connectivity index (χ2n) is 4.74. The van der Waals surface area contributed by atoms with Gasteiger partial charge in [-0.1, -0.05) is 23.2 Å². The monoisotopic (exact) mass is 366 g/mol. The molecular weight excluding hydrogens is 355 g/mol. The van der Waals surface area contributed by atoms with E-state index in [-0.39, 0.29) is 10.6 Å². The van der Waals surface area contributed by atoms with Crippen LogP contribution in [0.5, 0.6) is 5.75 Å². The molecule has 0 aliphatic rings. The Balaban J connectivity index is 1.97. The molecule has 0 amide bonds. The van der Waals surface area contributed by atoms with Gasteiger partial charge in [0.15, 0.2) is 12.4 Å². The second kappa shape index (κ2) is 7.95. The molecule has 0 radical (unpaired) electrons. The number of ether oxygens (including phenoxy) is 2. The molecule has 0 heterocycles. The van der Waals surface area contributed by atoms with Crippen LogP contribution in [0.2, 0.25) is 10.0 Å². The first-order chi connectivity index (χ1) is 11.4. The van der Waals surface area contributed by atoms with Crippen molar-refractivity contribution in [2.24, 2.45) is 0 Å². The summed E-state index contributed by atoms with van der Waals surface area (Å²) in [5.74, 6) is -1.25. The molecule has 0 fully saturated rings. The Kier molecular flexibility index (Phi) is 5.95. The third-order valence-corrected chi connectivity index (χ3v) is 3.47. The molecule has 0 atom stereocenters. The minimum atomic E-state index is -0.721. The van der Waals surface area contributed by atoms with Crippen LogP contribution < -0.4 is 4.74 Å². The van der Waals surface area contributed by atoms with E-state index < -0.39 is 24.3 Å². The zero-order valence-electron chi connectivity index (χ0n) is 12.5. The Morgan fingerprint density at radius 1 is 1.00 bits per heavy atom. The van der Waals surface area contributed by atoms with E-state index in [1.807, 2.05) is 0 Å². The van der Waals surface area contributed by atoms with Gasteiger partial charge in [0.25, 0.3) is 0 Å². The van der Waals surface area contributed by atoms with Crippen molar-refractivity contribution in [3.8, 4) is 5.75 Å². The van der Waals surface area contributed by atoms with Crippen molar-refractivity contribution in [3.63, 3.8) is 0 Å². The summed E-state index contributed by atoms with van der Waals surface area (Å²) in [5, 5.41) is 0.533. The van der Waals surface area contributed by atoms with Crippen LogP contribution in [-0.4, -0.2) is 24.3 Å². The summed E-state index contributed by atoms with van der Waals surface area (Å²) in [6, 6.07) is 10.2. The molecule has 0 aliphatic heterocycles. The largest absolute Gasteiger partial charge is 0.454 e.